The number of carbonyl (C=O) groups is 1. The maximum atomic E-state index is 12.6. The van der Waals surface area contributed by atoms with E-state index in [4.69, 9.17) is 4.42 Å². The molecule has 0 bridgehead atoms. The number of urea groups is 1. The quantitative estimate of drug-likeness (QED) is 0.818. The fraction of sp³-hybridized carbons (Fsp3) is 0.632. The van der Waals surface area contributed by atoms with Gasteiger partial charge in [-0.1, -0.05) is 0 Å². The first-order valence-electron chi connectivity index (χ1n) is 9.94. The van der Waals surface area contributed by atoms with Crippen molar-refractivity contribution >= 4 is 6.03 Å². The number of carbonyl (C=O) groups excluding carboxylic acids is 1. The van der Waals surface area contributed by atoms with E-state index in [1.165, 1.54) is 5.56 Å². The van der Waals surface area contributed by atoms with E-state index >= 15 is 0 Å². The van der Waals surface area contributed by atoms with Gasteiger partial charge in [-0.25, -0.2) is 9.78 Å². The lowest BCUT2D eigenvalue weighted by atomic mass is 10.1. The van der Waals surface area contributed by atoms with Crippen LogP contribution in [0.5, 0.6) is 0 Å². The molecule has 0 atom stereocenters. The van der Waals surface area contributed by atoms with Crippen LogP contribution in [0, 0.1) is 6.92 Å². The molecule has 9 nitrogen and oxygen atoms in total. The minimum atomic E-state index is 0.0587. The lowest BCUT2D eigenvalue weighted by Gasteiger charge is -2.39. The Labute approximate surface area is 165 Å². The molecule has 2 aliphatic heterocycles. The van der Waals surface area contributed by atoms with Crippen LogP contribution in [-0.2, 0) is 20.1 Å². The molecule has 0 unspecified atom stereocenters. The van der Waals surface area contributed by atoms with Gasteiger partial charge in [0.1, 0.15) is 5.76 Å². The normalized spacial score (nSPS) is 19.4. The lowest BCUT2D eigenvalue weighted by molar-refractivity contribution is 0.106. The van der Waals surface area contributed by atoms with Crippen LogP contribution >= 0.6 is 0 Å². The summed E-state index contributed by atoms with van der Waals surface area (Å²) >= 11 is 0. The van der Waals surface area contributed by atoms with Crippen LogP contribution in [0.3, 0.4) is 0 Å². The van der Waals surface area contributed by atoms with Gasteiger partial charge in [-0.05, 0) is 6.42 Å². The fourth-order valence-corrected chi connectivity index (χ4v) is 3.90. The molecule has 9 heteroatoms. The second-order valence-electron chi connectivity index (χ2n) is 7.83. The molecule has 0 spiro atoms. The molecular formula is C19H29N7O2. The first-order chi connectivity index (χ1) is 13.5. The van der Waals surface area contributed by atoms with Gasteiger partial charge in [0.2, 0.25) is 0 Å². The smallest absolute Gasteiger partial charge is 0.317 e. The third-order valence-electron chi connectivity index (χ3n) is 5.37. The zero-order valence-electron chi connectivity index (χ0n) is 16.7. The van der Waals surface area contributed by atoms with Crippen LogP contribution in [0.2, 0.25) is 0 Å². The molecule has 2 fully saturated rings. The number of aromatic nitrogens is 3. The Balaban J connectivity index is 1.18. The Hall–Kier alpha value is -2.39. The number of likely N-dealkylation sites (tertiary alicyclic amines) is 1. The fourth-order valence-electron chi connectivity index (χ4n) is 3.90. The van der Waals surface area contributed by atoms with Crippen LogP contribution in [0.4, 0.5) is 4.79 Å². The summed E-state index contributed by atoms with van der Waals surface area (Å²) in [5.74, 6) is 1.57. The number of hydrogen-bond donors (Lipinski definition) is 1. The Morgan fingerprint density at radius 3 is 2.75 bits per heavy atom. The minimum Gasteiger partial charge on any atom is -0.445 e. The molecule has 0 aliphatic carbocycles. The molecule has 0 aromatic carbocycles. The Kier molecular flexibility index (Phi) is 5.63. The van der Waals surface area contributed by atoms with Gasteiger partial charge >= 0.3 is 6.03 Å². The molecule has 4 rings (SSSR count). The second kappa shape index (κ2) is 8.32. The first-order valence-corrected chi connectivity index (χ1v) is 9.94. The van der Waals surface area contributed by atoms with Crippen molar-refractivity contribution in [1.29, 1.82) is 0 Å². The lowest BCUT2D eigenvalue weighted by Crippen LogP contribution is -2.60. The number of amides is 2. The van der Waals surface area contributed by atoms with Crippen molar-refractivity contribution in [1.82, 2.24) is 34.8 Å². The van der Waals surface area contributed by atoms with Gasteiger partial charge in [0.25, 0.3) is 0 Å². The zero-order valence-corrected chi connectivity index (χ0v) is 16.7. The maximum absolute atomic E-state index is 12.6. The number of oxazole rings is 1. The maximum Gasteiger partial charge on any atom is 0.317 e. The predicted octanol–water partition coefficient (Wildman–Crippen LogP) is 0.818. The van der Waals surface area contributed by atoms with Gasteiger partial charge < -0.3 is 14.6 Å². The molecule has 0 radical (unpaired) electrons. The number of hydrogen-bond acceptors (Lipinski definition) is 6. The summed E-state index contributed by atoms with van der Waals surface area (Å²) in [7, 11) is 1.94. The van der Waals surface area contributed by atoms with Gasteiger partial charge in [-0.3, -0.25) is 14.5 Å². The predicted molar refractivity (Wildman–Crippen MR) is 104 cm³/mol. The van der Waals surface area contributed by atoms with E-state index in [0.717, 1.165) is 64.5 Å². The number of aryl methyl sites for hydroxylation is 2. The van der Waals surface area contributed by atoms with Gasteiger partial charge in [-0.2, -0.15) is 5.10 Å². The Bertz CT molecular complexity index is 796. The number of nitrogens with zero attached hydrogens (tertiary/aromatic N) is 6. The summed E-state index contributed by atoms with van der Waals surface area (Å²) in [6.45, 7) is 8.67. The molecule has 152 valence electrons. The highest BCUT2D eigenvalue weighted by molar-refractivity contribution is 5.74. The monoisotopic (exact) mass is 387 g/mol. The highest BCUT2D eigenvalue weighted by Gasteiger charge is 2.30. The topological polar surface area (TPSA) is 82.7 Å². The van der Waals surface area contributed by atoms with E-state index in [1.54, 1.807) is 6.20 Å². The van der Waals surface area contributed by atoms with Crippen LogP contribution in [0.1, 0.15) is 23.6 Å². The minimum absolute atomic E-state index is 0.0587. The third kappa shape index (κ3) is 4.71. The van der Waals surface area contributed by atoms with Crippen molar-refractivity contribution in [3.63, 3.8) is 0 Å². The molecular weight excluding hydrogens is 358 g/mol. The molecule has 2 aromatic rings. The standard InChI is InChI=1S/C19H29N7O2/c1-15-20-9-18(28-15)14-25-12-17(13-25)22-19(27)26-5-3-4-24(6-7-26)11-16-8-21-23(2)10-16/h8-10,17H,3-7,11-14H2,1-2H3,(H,22,27). The SMILES string of the molecule is Cc1ncc(CN2CC(NC(=O)N3CCCN(Cc4cnn(C)c4)CC3)C2)o1. The number of nitrogens with one attached hydrogen (secondary N) is 1. The largest absolute Gasteiger partial charge is 0.445 e. The molecule has 2 saturated heterocycles. The van der Waals surface area contributed by atoms with Gasteiger partial charge in [0.05, 0.1) is 25.0 Å². The average Bonchev–Trinajstić information content (AvgIpc) is 3.14. The molecule has 4 heterocycles. The van der Waals surface area contributed by atoms with Crippen LogP contribution < -0.4 is 5.32 Å². The second-order valence-corrected chi connectivity index (χ2v) is 7.83. The van der Waals surface area contributed by atoms with Gasteiger partial charge in [0, 0.05) is 71.5 Å². The Morgan fingerprint density at radius 1 is 1.18 bits per heavy atom. The van der Waals surface area contributed by atoms with E-state index in [2.05, 4.69) is 31.4 Å². The van der Waals surface area contributed by atoms with E-state index in [1.807, 2.05) is 29.7 Å². The van der Waals surface area contributed by atoms with E-state index in [0.29, 0.717) is 5.89 Å². The van der Waals surface area contributed by atoms with Crippen molar-refractivity contribution in [2.45, 2.75) is 32.5 Å². The van der Waals surface area contributed by atoms with Crippen molar-refractivity contribution in [2.24, 2.45) is 7.05 Å². The highest BCUT2D eigenvalue weighted by Crippen LogP contribution is 2.15. The molecule has 2 amide bonds. The summed E-state index contributed by atoms with van der Waals surface area (Å²) in [6, 6.07) is 0.273. The molecule has 1 N–H and O–H groups in total. The van der Waals surface area contributed by atoms with E-state index in [9.17, 15) is 4.79 Å². The Morgan fingerprint density at radius 2 is 2.04 bits per heavy atom. The summed E-state index contributed by atoms with van der Waals surface area (Å²) in [5, 5.41) is 7.40. The number of rotatable bonds is 5. The third-order valence-corrected chi connectivity index (χ3v) is 5.37. The molecule has 28 heavy (non-hydrogen) atoms. The van der Waals surface area contributed by atoms with E-state index in [-0.39, 0.29) is 12.1 Å². The van der Waals surface area contributed by atoms with Crippen LogP contribution in [0.15, 0.2) is 23.0 Å². The summed E-state index contributed by atoms with van der Waals surface area (Å²) in [4.78, 5) is 23.3. The van der Waals surface area contributed by atoms with Crippen molar-refractivity contribution in [2.75, 3.05) is 39.3 Å². The van der Waals surface area contributed by atoms with Gasteiger partial charge in [-0.15, -0.1) is 0 Å². The van der Waals surface area contributed by atoms with Crippen molar-refractivity contribution in [3.05, 3.63) is 35.8 Å². The molecule has 2 aromatic heterocycles. The first kappa shape index (κ1) is 18.9. The summed E-state index contributed by atoms with van der Waals surface area (Å²) in [5.41, 5.74) is 1.22. The highest BCUT2D eigenvalue weighted by atomic mass is 16.4. The van der Waals surface area contributed by atoms with Gasteiger partial charge in [0.15, 0.2) is 5.89 Å². The summed E-state index contributed by atoms with van der Waals surface area (Å²) in [6.07, 6.45) is 6.74. The molecule has 0 saturated carbocycles. The summed E-state index contributed by atoms with van der Waals surface area (Å²) < 4.78 is 7.34. The van der Waals surface area contributed by atoms with E-state index < -0.39 is 0 Å². The molecule has 2 aliphatic rings. The van der Waals surface area contributed by atoms with Crippen molar-refractivity contribution in [3.8, 4) is 0 Å². The average molecular weight is 387 g/mol. The zero-order chi connectivity index (χ0) is 19.5. The van der Waals surface area contributed by atoms with Crippen LogP contribution in [0.25, 0.3) is 0 Å². The van der Waals surface area contributed by atoms with Crippen LogP contribution in [-0.4, -0.2) is 80.8 Å². The van der Waals surface area contributed by atoms with Crippen molar-refractivity contribution < 1.29 is 9.21 Å².